The Hall–Kier alpha value is -3.60. The summed E-state index contributed by atoms with van der Waals surface area (Å²) in [5, 5.41) is 5.70. The van der Waals surface area contributed by atoms with E-state index in [2.05, 4.69) is 10.6 Å². The molecule has 5 heteroatoms. The van der Waals surface area contributed by atoms with Crippen molar-refractivity contribution in [1.82, 2.24) is 0 Å². The minimum atomic E-state index is -0.254. The third-order valence-electron chi connectivity index (χ3n) is 4.13. The van der Waals surface area contributed by atoms with Crippen LogP contribution in [0, 0.1) is 6.92 Å². The number of carbonyl (C=O) groups excluding carboxylic acids is 2. The summed E-state index contributed by atoms with van der Waals surface area (Å²) in [6, 6.07) is 21.2. The van der Waals surface area contributed by atoms with E-state index >= 15 is 0 Å². The number of rotatable bonds is 5. The number of anilines is 2. The minimum Gasteiger partial charge on any atom is -0.497 e. The van der Waals surface area contributed by atoms with E-state index in [0.29, 0.717) is 28.3 Å². The first kappa shape index (κ1) is 18.2. The predicted molar refractivity (Wildman–Crippen MR) is 107 cm³/mol. The summed E-state index contributed by atoms with van der Waals surface area (Å²) in [4.78, 5) is 24.9. The van der Waals surface area contributed by atoms with Gasteiger partial charge < -0.3 is 15.4 Å². The fraction of sp³-hybridized carbons (Fsp3) is 0.0909. The van der Waals surface area contributed by atoms with Crippen molar-refractivity contribution in [2.75, 3.05) is 17.7 Å². The number of amides is 2. The third-order valence-corrected chi connectivity index (χ3v) is 4.13. The Labute approximate surface area is 158 Å². The lowest BCUT2D eigenvalue weighted by Crippen LogP contribution is -2.15. The molecule has 0 aliphatic heterocycles. The van der Waals surface area contributed by atoms with Crippen LogP contribution in [0.3, 0.4) is 0 Å². The molecule has 0 spiro atoms. The first-order valence-electron chi connectivity index (χ1n) is 8.49. The van der Waals surface area contributed by atoms with Crippen LogP contribution in [-0.4, -0.2) is 18.9 Å². The molecule has 3 aromatic carbocycles. The van der Waals surface area contributed by atoms with Gasteiger partial charge in [0, 0.05) is 22.5 Å². The second-order valence-electron chi connectivity index (χ2n) is 6.03. The molecule has 0 heterocycles. The number of methoxy groups -OCH3 is 1. The van der Waals surface area contributed by atoms with E-state index in [4.69, 9.17) is 4.74 Å². The van der Waals surface area contributed by atoms with Crippen LogP contribution in [0.15, 0.2) is 72.8 Å². The number of hydrogen-bond donors (Lipinski definition) is 2. The molecule has 2 N–H and O–H groups in total. The molecule has 0 atom stereocenters. The molecule has 3 rings (SSSR count). The minimum absolute atomic E-state index is 0.216. The number of carbonyl (C=O) groups is 2. The van der Waals surface area contributed by atoms with Crippen molar-refractivity contribution in [1.29, 1.82) is 0 Å². The number of hydrogen-bond acceptors (Lipinski definition) is 3. The zero-order valence-electron chi connectivity index (χ0n) is 15.2. The maximum Gasteiger partial charge on any atom is 0.255 e. The maximum absolute atomic E-state index is 12.5. The quantitative estimate of drug-likeness (QED) is 0.703. The molecule has 5 nitrogen and oxygen atoms in total. The molecule has 0 aromatic heterocycles. The van der Waals surface area contributed by atoms with E-state index in [1.54, 1.807) is 67.8 Å². The fourth-order valence-electron chi connectivity index (χ4n) is 2.56. The van der Waals surface area contributed by atoms with E-state index in [0.717, 1.165) is 5.56 Å². The lowest BCUT2D eigenvalue weighted by atomic mass is 10.1. The van der Waals surface area contributed by atoms with Gasteiger partial charge in [-0.05, 0) is 61.0 Å². The number of benzene rings is 3. The van der Waals surface area contributed by atoms with Crippen molar-refractivity contribution in [3.05, 3.63) is 89.5 Å². The van der Waals surface area contributed by atoms with Crippen molar-refractivity contribution in [2.45, 2.75) is 6.92 Å². The van der Waals surface area contributed by atoms with Crippen LogP contribution >= 0.6 is 0 Å². The Morgan fingerprint density at radius 1 is 0.778 bits per heavy atom. The van der Waals surface area contributed by atoms with Crippen LogP contribution in [0.25, 0.3) is 0 Å². The summed E-state index contributed by atoms with van der Waals surface area (Å²) in [6.07, 6.45) is 0. The van der Waals surface area contributed by atoms with Gasteiger partial charge in [-0.2, -0.15) is 0 Å². The summed E-state index contributed by atoms with van der Waals surface area (Å²) in [5.41, 5.74) is 3.16. The molecule has 0 bridgehead atoms. The highest BCUT2D eigenvalue weighted by molar-refractivity contribution is 6.07. The highest BCUT2D eigenvalue weighted by Crippen LogP contribution is 2.20. The molecule has 3 aromatic rings. The molecule has 0 aliphatic rings. The number of nitrogens with one attached hydrogen (secondary N) is 2. The fourth-order valence-corrected chi connectivity index (χ4v) is 2.56. The Balaban J connectivity index is 1.75. The Bertz CT molecular complexity index is 951. The van der Waals surface area contributed by atoms with Crippen LogP contribution < -0.4 is 15.4 Å². The van der Waals surface area contributed by atoms with Crippen LogP contribution in [0.2, 0.25) is 0 Å². The van der Waals surface area contributed by atoms with E-state index in [1.165, 1.54) is 0 Å². The average Bonchev–Trinajstić information content (AvgIpc) is 2.70. The molecule has 0 unspecified atom stereocenters. The molecule has 0 radical (unpaired) electrons. The Morgan fingerprint density at radius 2 is 1.44 bits per heavy atom. The van der Waals surface area contributed by atoms with Crippen molar-refractivity contribution < 1.29 is 14.3 Å². The molecular formula is C22H20N2O3. The number of ether oxygens (including phenoxy) is 1. The molecule has 2 amide bonds. The van der Waals surface area contributed by atoms with Gasteiger partial charge in [0.2, 0.25) is 0 Å². The molecule has 0 fully saturated rings. The van der Waals surface area contributed by atoms with Crippen LogP contribution in [-0.2, 0) is 0 Å². The van der Waals surface area contributed by atoms with Gasteiger partial charge in [0.05, 0.1) is 7.11 Å². The molecule has 0 aliphatic carbocycles. The second kappa shape index (κ2) is 8.19. The predicted octanol–water partition coefficient (Wildman–Crippen LogP) is 4.51. The van der Waals surface area contributed by atoms with Crippen molar-refractivity contribution in [3.63, 3.8) is 0 Å². The molecule has 136 valence electrons. The average molecular weight is 360 g/mol. The smallest absolute Gasteiger partial charge is 0.255 e. The first-order valence-corrected chi connectivity index (χ1v) is 8.49. The van der Waals surface area contributed by atoms with Gasteiger partial charge >= 0.3 is 0 Å². The summed E-state index contributed by atoms with van der Waals surface area (Å²) in [6.45, 7) is 1.88. The maximum atomic E-state index is 12.5. The largest absolute Gasteiger partial charge is 0.497 e. The van der Waals surface area contributed by atoms with Gasteiger partial charge in [0.25, 0.3) is 11.8 Å². The van der Waals surface area contributed by atoms with E-state index in [9.17, 15) is 9.59 Å². The van der Waals surface area contributed by atoms with Crippen LogP contribution in [0.4, 0.5) is 11.4 Å². The third kappa shape index (κ3) is 4.52. The van der Waals surface area contributed by atoms with Crippen molar-refractivity contribution in [3.8, 4) is 5.75 Å². The van der Waals surface area contributed by atoms with Crippen LogP contribution in [0.5, 0.6) is 5.75 Å². The SMILES string of the molecule is COc1ccc(NC(=O)c2ccc(C)c(NC(=O)c3ccccc3)c2)cc1. The normalized spacial score (nSPS) is 10.1. The standard InChI is InChI=1S/C22H20N2O3/c1-15-8-9-17(22(26)23-18-10-12-19(27-2)13-11-18)14-20(15)24-21(25)16-6-4-3-5-7-16/h3-14H,1-2H3,(H,23,26)(H,24,25). The highest BCUT2D eigenvalue weighted by atomic mass is 16.5. The lowest BCUT2D eigenvalue weighted by Gasteiger charge is -2.11. The molecular weight excluding hydrogens is 340 g/mol. The molecule has 27 heavy (non-hydrogen) atoms. The van der Waals surface area contributed by atoms with Gasteiger partial charge in [-0.1, -0.05) is 24.3 Å². The molecule has 0 saturated heterocycles. The first-order chi connectivity index (χ1) is 13.1. The zero-order valence-corrected chi connectivity index (χ0v) is 15.2. The van der Waals surface area contributed by atoms with E-state index < -0.39 is 0 Å². The van der Waals surface area contributed by atoms with Gasteiger partial charge in [0.15, 0.2) is 0 Å². The number of aryl methyl sites for hydroxylation is 1. The van der Waals surface area contributed by atoms with E-state index in [-0.39, 0.29) is 11.8 Å². The summed E-state index contributed by atoms with van der Waals surface area (Å²) >= 11 is 0. The Kier molecular flexibility index (Phi) is 5.52. The lowest BCUT2D eigenvalue weighted by molar-refractivity contribution is 0.101. The summed E-state index contributed by atoms with van der Waals surface area (Å²) in [7, 11) is 1.59. The van der Waals surface area contributed by atoms with Crippen molar-refractivity contribution >= 4 is 23.2 Å². The topological polar surface area (TPSA) is 67.4 Å². The van der Waals surface area contributed by atoms with Gasteiger partial charge in [-0.25, -0.2) is 0 Å². The zero-order chi connectivity index (χ0) is 19.2. The van der Waals surface area contributed by atoms with Crippen molar-refractivity contribution in [2.24, 2.45) is 0 Å². The monoisotopic (exact) mass is 360 g/mol. The Morgan fingerprint density at radius 3 is 2.11 bits per heavy atom. The van der Waals surface area contributed by atoms with Crippen LogP contribution in [0.1, 0.15) is 26.3 Å². The highest BCUT2D eigenvalue weighted by Gasteiger charge is 2.12. The summed E-state index contributed by atoms with van der Waals surface area (Å²) < 4.78 is 5.11. The van der Waals surface area contributed by atoms with Gasteiger partial charge in [0.1, 0.15) is 5.75 Å². The molecule has 0 saturated carbocycles. The van der Waals surface area contributed by atoms with Gasteiger partial charge in [-0.15, -0.1) is 0 Å². The van der Waals surface area contributed by atoms with Gasteiger partial charge in [-0.3, -0.25) is 9.59 Å². The summed E-state index contributed by atoms with van der Waals surface area (Å²) in [5.74, 6) is 0.246. The van der Waals surface area contributed by atoms with E-state index in [1.807, 2.05) is 19.1 Å². The second-order valence-corrected chi connectivity index (χ2v) is 6.03.